The number of phenols is 2. The summed E-state index contributed by atoms with van der Waals surface area (Å²) in [5, 5.41) is 35.6. The van der Waals surface area contributed by atoms with Crippen LogP contribution in [-0.4, -0.2) is 101 Å². The molecule has 0 aliphatic heterocycles. The maximum absolute atomic E-state index is 13.7. The SMILES string of the molecule is Cc1ccc(-c2c3c4cc(C)c(OCCCN(C)C)cc4oc(=O)c3n3ccc4cc(C)c(C)cc4c23)cc1C.Cc1ccc(-c2c3c4cc(C)c(OCCCN(C)C)cc4oc(=O)c3n3ccc4cc(O)c(C)cc4c23)cc1O.O=C(O)C(F)(F)F. The van der Waals surface area contributed by atoms with Crippen molar-refractivity contribution in [2.24, 2.45) is 0 Å². The number of hydrogen-bond donors (Lipinski definition) is 3. The highest BCUT2D eigenvalue weighted by molar-refractivity contribution is 6.23. The van der Waals surface area contributed by atoms with Crippen molar-refractivity contribution in [1.82, 2.24) is 18.6 Å². The normalized spacial score (nSPS) is 11.9. The molecule has 0 fully saturated rings. The molecule has 0 aliphatic rings. The van der Waals surface area contributed by atoms with Gasteiger partial charge in [-0.1, -0.05) is 36.4 Å². The minimum Gasteiger partial charge on any atom is -0.508 e. The largest absolute Gasteiger partial charge is 0.508 e. The fourth-order valence-corrected chi connectivity index (χ4v) is 11.3. The van der Waals surface area contributed by atoms with Gasteiger partial charge in [-0.25, -0.2) is 14.4 Å². The topological polar surface area (TPSA) is 172 Å². The maximum Gasteiger partial charge on any atom is 0.490 e. The number of aromatic nitrogens is 2. The molecule has 6 heterocycles. The van der Waals surface area contributed by atoms with Crippen LogP contribution in [0.15, 0.2) is 128 Å². The molecule has 3 N–H and O–H groups in total. The van der Waals surface area contributed by atoms with Crippen molar-refractivity contribution < 1.29 is 51.6 Å². The lowest BCUT2D eigenvalue weighted by molar-refractivity contribution is -0.192. The first-order valence-electron chi connectivity index (χ1n) is 28.6. The number of halogens is 3. The molecule has 450 valence electrons. The van der Waals surface area contributed by atoms with E-state index in [0.717, 1.165) is 130 Å². The third-order valence-electron chi connectivity index (χ3n) is 16.2. The first-order valence-corrected chi connectivity index (χ1v) is 28.6. The lowest BCUT2D eigenvalue weighted by atomic mass is 9.94. The summed E-state index contributed by atoms with van der Waals surface area (Å²) in [5.74, 6) is -0.935. The Morgan fingerprint density at radius 2 is 0.897 bits per heavy atom. The van der Waals surface area contributed by atoms with Crippen LogP contribution in [0, 0.1) is 55.4 Å². The Kier molecular flexibility index (Phi) is 16.7. The zero-order chi connectivity index (χ0) is 62.7. The van der Waals surface area contributed by atoms with Gasteiger partial charge in [0.1, 0.15) is 45.2 Å². The van der Waals surface area contributed by atoms with E-state index in [9.17, 15) is 33.0 Å². The van der Waals surface area contributed by atoms with Crippen LogP contribution in [-0.2, 0) is 4.79 Å². The molecule has 17 heteroatoms. The summed E-state index contributed by atoms with van der Waals surface area (Å²) in [6.45, 7) is 19.3. The van der Waals surface area contributed by atoms with E-state index in [4.69, 9.17) is 28.2 Å². The van der Waals surface area contributed by atoms with Crippen molar-refractivity contribution in [2.75, 3.05) is 54.5 Å². The Labute approximate surface area is 499 Å². The predicted molar refractivity (Wildman–Crippen MR) is 340 cm³/mol. The number of hydrogen-bond acceptors (Lipinski definition) is 11. The second kappa shape index (κ2) is 23.9. The molecule has 12 aromatic rings. The van der Waals surface area contributed by atoms with Crippen LogP contribution in [0.25, 0.3) is 98.6 Å². The van der Waals surface area contributed by atoms with Crippen molar-refractivity contribution in [3.63, 3.8) is 0 Å². The standard InChI is InChI=1S/C35H36N2O3.C33H32N2O5.C2HF3O2/c1-20-9-10-26(16-21(20)2)31-32-28-18-24(5)29(39-14-8-12-36(6)7)19-30(28)40-35(38)34(32)37-13-11-25-15-22(3)23(4)17-27(25)33(31)37;1-18-7-8-22(16-25(18)36)29-30-24-14-20(3)27(39-12-6-10-34(4)5)17-28(24)40-33(38)32(30)35-11-9-21-15-26(37)19(2)13-23(21)31(29)35;3-2(4,5)1(6)7/h9-11,13,15-19H,8,12,14H2,1-7H3;7-9,11,13-17,36-37H,6,10,12H2,1-5H3;(H,6,7). The fraction of sp³-hybridized carbons (Fsp3) is 0.271. The van der Waals surface area contributed by atoms with Crippen LogP contribution in [0.4, 0.5) is 13.2 Å². The number of nitrogens with zero attached hydrogens (tertiary/aromatic N) is 4. The van der Waals surface area contributed by atoms with Gasteiger partial charge in [-0.3, -0.25) is 0 Å². The summed E-state index contributed by atoms with van der Waals surface area (Å²) >= 11 is 0. The van der Waals surface area contributed by atoms with Gasteiger partial charge in [-0.05, 0) is 211 Å². The number of benzene rings is 6. The third kappa shape index (κ3) is 11.8. The summed E-state index contributed by atoms with van der Waals surface area (Å²) in [4.78, 5) is 40.5. The molecule has 0 bridgehead atoms. The molecular weight excluding hydrogens is 1110 g/mol. The van der Waals surface area contributed by atoms with Gasteiger partial charge in [0.2, 0.25) is 0 Å². The number of aromatic hydroxyl groups is 2. The number of carbonyl (C=O) groups is 1. The molecule has 0 radical (unpaired) electrons. The van der Waals surface area contributed by atoms with Gasteiger partial charge in [-0.2, -0.15) is 13.2 Å². The average molecular weight is 1180 g/mol. The highest BCUT2D eigenvalue weighted by Gasteiger charge is 2.38. The molecule has 0 atom stereocenters. The highest BCUT2D eigenvalue weighted by atomic mass is 19.4. The number of carboxylic acid groups (broad SMARTS) is 1. The van der Waals surface area contributed by atoms with E-state index in [0.29, 0.717) is 41.2 Å². The molecule has 12 rings (SSSR count). The average Bonchev–Trinajstić information content (AvgIpc) is 1.58. The maximum atomic E-state index is 13.7. The predicted octanol–water partition coefficient (Wildman–Crippen LogP) is 15.2. The van der Waals surface area contributed by atoms with E-state index < -0.39 is 17.8 Å². The number of fused-ring (bicyclic) bond motifs is 14. The third-order valence-corrected chi connectivity index (χ3v) is 16.2. The summed E-state index contributed by atoms with van der Waals surface area (Å²) < 4.78 is 59.8. The van der Waals surface area contributed by atoms with E-state index in [2.05, 4.69) is 101 Å². The minimum atomic E-state index is -5.08. The van der Waals surface area contributed by atoms with Crippen molar-refractivity contribution in [2.45, 2.75) is 74.4 Å². The van der Waals surface area contributed by atoms with Gasteiger partial charge in [0.15, 0.2) is 0 Å². The van der Waals surface area contributed by atoms with Gasteiger partial charge >= 0.3 is 23.4 Å². The molecule has 0 saturated heterocycles. The van der Waals surface area contributed by atoms with Crippen molar-refractivity contribution in [3.8, 4) is 45.3 Å². The first-order chi connectivity index (χ1) is 41.2. The first kappa shape index (κ1) is 60.8. The molecule has 0 saturated carbocycles. The Morgan fingerprint density at radius 1 is 0.494 bits per heavy atom. The summed E-state index contributed by atoms with van der Waals surface area (Å²) in [5.41, 5.74) is 15.1. The van der Waals surface area contributed by atoms with Crippen LogP contribution in [0.1, 0.15) is 57.3 Å². The second-order valence-electron chi connectivity index (χ2n) is 23.1. The van der Waals surface area contributed by atoms with Gasteiger partial charge in [-0.15, -0.1) is 0 Å². The van der Waals surface area contributed by atoms with Crippen LogP contribution in [0.5, 0.6) is 23.0 Å². The number of pyridine rings is 2. The van der Waals surface area contributed by atoms with Gasteiger partial charge in [0, 0.05) is 81.1 Å². The number of carboxylic acids is 1. The van der Waals surface area contributed by atoms with Crippen LogP contribution in [0.2, 0.25) is 0 Å². The molecule has 14 nitrogen and oxygen atoms in total. The summed E-state index contributed by atoms with van der Waals surface area (Å²) in [7, 11) is 8.17. The fourth-order valence-electron chi connectivity index (χ4n) is 11.3. The number of ether oxygens (including phenoxy) is 2. The molecular formula is C70H69F3N4O10. The number of rotatable bonds is 12. The Bertz CT molecular complexity index is 4560. The Balaban J connectivity index is 0.000000174. The van der Waals surface area contributed by atoms with Crippen LogP contribution in [0.3, 0.4) is 0 Å². The quantitative estimate of drug-likeness (QED) is 0.0782. The minimum absolute atomic E-state index is 0.177. The van der Waals surface area contributed by atoms with Crippen molar-refractivity contribution in [1.29, 1.82) is 0 Å². The number of phenolic OH excluding ortho intramolecular Hbond substituents is 2. The zero-order valence-electron chi connectivity index (χ0n) is 50.8. The molecule has 6 aromatic heterocycles. The second-order valence-corrected chi connectivity index (χ2v) is 23.1. The summed E-state index contributed by atoms with van der Waals surface area (Å²) in [6, 6.07) is 32.1. The van der Waals surface area contributed by atoms with Gasteiger partial charge in [0.05, 0.1) is 24.2 Å². The molecule has 0 unspecified atom stereocenters. The monoisotopic (exact) mass is 1180 g/mol. The van der Waals surface area contributed by atoms with E-state index in [1.165, 1.54) is 22.3 Å². The number of aliphatic carboxylic acids is 1. The smallest absolute Gasteiger partial charge is 0.490 e. The van der Waals surface area contributed by atoms with E-state index >= 15 is 0 Å². The zero-order valence-corrected chi connectivity index (χ0v) is 50.8. The van der Waals surface area contributed by atoms with Gasteiger partial charge < -0.3 is 52.2 Å². The number of alkyl halides is 3. The van der Waals surface area contributed by atoms with Crippen molar-refractivity contribution in [3.05, 3.63) is 175 Å². The van der Waals surface area contributed by atoms with Gasteiger partial charge in [0.25, 0.3) is 0 Å². The molecule has 6 aromatic carbocycles. The molecule has 87 heavy (non-hydrogen) atoms. The van der Waals surface area contributed by atoms with E-state index in [1.807, 2.05) is 92.5 Å². The lowest BCUT2D eigenvalue weighted by Crippen LogP contribution is -2.21. The Morgan fingerprint density at radius 3 is 1.34 bits per heavy atom. The molecule has 0 aliphatic carbocycles. The molecule has 0 spiro atoms. The summed E-state index contributed by atoms with van der Waals surface area (Å²) in [6.07, 6.45) is 0.560. The highest BCUT2D eigenvalue weighted by Crippen LogP contribution is 2.46. The van der Waals surface area contributed by atoms with E-state index in [-0.39, 0.29) is 17.1 Å². The van der Waals surface area contributed by atoms with E-state index in [1.54, 1.807) is 18.2 Å². The molecule has 0 amide bonds. The number of aryl methyl sites for hydroxylation is 8. The lowest BCUT2D eigenvalue weighted by Gasteiger charge is -2.13. The van der Waals surface area contributed by atoms with Crippen LogP contribution >= 0.6 is 0 Å². The Hall–Kier alpha value is -9.32. The van der Waals surface area contributed by atoms with Crippen LogP contribution < -0.4 is 20.7 Å². The van der Waals surface area contributed by atoms with Crippen molar-refractivity contribution >= 4 is 82.3 Å².